The minimum Gasteiger partial charge on any atom is -0.347 e. The fourth-order valence-electron chi connectivity index (χ4n) is 4.01. The van der Waals surface area contributed by atoms with Gasteiger partial charge in [-0.3, -0.25) is 9.59 Å². The number of hydrogen-bond donors (Lipinski definition) is 2. The van der Waals surface area contributed by atoms with Crippen LogP contribution in [0.5, 0.6) is 0 Å². The molecule has 0 fully saturated rings. The van der Waals surface area contributed by atoms with Crippen LogP contribution in [-0.4, -0.2) is 11.8 Å². The number of halogens is 2. The first-order chi connectivity index (χ1) is 17.3. The molecule has 5 rings (SSSR count). The van der Waals surface area contributed by atoms with Crippen molar-refractivity contribution in [2.75, 3.05) is 0 Å². The third kappa shape index (κ3) is 5.00. The first kappa shape index (κ1) is 24.8. The van der Waals surface area contributed by atoms with Crippen LogP contribution in [-0.2, 0) is 13.1 Å². The van der Waals surface area contributed by atoms with Crippen LogP contribution in [0, 0.1) is 13.8 Å². The molecule has 0 saturated carbocycles. The van der Waals surface area contributed by atoms with Gasteiger partial charge in [0.1, 0.15) is 9.75 Å². The van der Waals surface area contributed by atoms with E-state index in [1.807, 2.05) is 74.5 Å². The summed E-state index contributed by atoms with van der Waals surface area (Å²) in [5.74, 6) is -0.403. The van der Waals surface area contributed by atoms with Crippen LogP contribution in [0.4, 0.5) is 0 Å². The Hall–Kier alpha value is -2.90. The van der Waals surface area contributed by atoms with Crippen molar-refractivity contribution in [1.29, 1.82) is 0 Å². The van der Waals surface area contributed by atoms with Gasteiger partial charge >= 0.3 is 0 Å². The van der Waals surface area contributed by atoms with E-state index >= 15 is 0 Å². The van der Waals surface area contributed by atoms with Crippen LogP contribution in [0.2, 0.25) is 10.0 Å². The van der Waals surface area contributed by atoms with Gasteiger partial charge in [0, 0.05) is 33.3 Å². The van der Waals surface area contributed by atoms with Gasteiger partial charge in [0.25, 0.3) is 11.8 Å². The number of rotatable bonds is 6. The minimum atomic E-state index is -0.202. The number of benzene rings is 3. The molecule has 2 aromatic heterocycles. The molecule has 182 valence electrons. The average Bonchev–Trinajstić information content (AvgIpc) is 3.37. The van der Waals surface area contributed by atoms with Crippen molar-refractivity contribution < 1.29 is 9.59 Å². The highest BCUT2D eigenvalue weighted by Crippen LogP contribution is 2.37. The molecule has 2 amide bonds. The van der Waals surface area contributed by atoms with Crippen molar-refractivity contribution in [2.45, 2.75) is 26.9 Å². The number of carbonyl (C=O) groups is 2. The Morgan fingerprint density at radius 3 is 1.58 bits per heavy atom. The molecule has 0 bridgehead atoms. The second-order valence-corrected chi connectivity index (χ2v) is 11.5. The second-order valence-electron chi connectivity index (χ2n) is 8.67. The normalized spacial score (nSPS) is 11.2. The zero-order valence-electron chi connectivity index (χ0n) is 19.6. The topological polar surface area (TPSA) is 58.2 Å². The highest BCUT2D eigenvalue weighted by Gasteiger charge is 2.18. The van der Waals surface area contributed by atoms with E-state index in [1.165, 1.54) is 22.7 Å². The summed E-state index contributed by atoms with van der Waals surface area (Å²) in [7, 11) is 0. The molecule has 4 nitrogen and oxygen atoms in total. The van der Waals surface area contributed by atoms with Gasteiger partial charge in [0.2, 0.25) is 0 Å². The van der Waals surface area contributed by atoms with E-state index < -0.39 is 0 Å². The Kier molecular flexibility index (Phi) is 7.04. The molecule has 0 aliphatic carbocycles. The molecule has 8 heteroatoms. The van der Waals surface area contributed by atoms with Gasteiger partial charge in [0.15, 0.2) is 0 Å². The molecule has 0 saturated heterocycles. The number of aryl methyl sites for hydroxylation is 2. The van der Waals surface area contributed by atoms with Crippen LogP contribution in [0.1, 0.15) is 41.6 Å². The minimum absolute atomic E-state index is 0.202. The third-order valence-corrected chi connectivity index (χ3v) is 9.19. The monoisotopic (exact) mass is 552 g/mol. The fraction of sp³-hybridized carbons (Fsp3) is 0.143. The van der Waals surface area contributed by atoms with E-state index in [0.29, 0.717) is 32.9 Å². The Labute approximate surface area is 226 Å². The third-order valence-electron chi connectivity index (χ3n) is 5.88. The summed E-state index contributed by atoms with van der Waals surface area (Å²) < 4.78 is 1.99. The first-order valence-corrected chi connectivity index (χ1v) is 13.7. The molecule has 5 aromatic rings. The van der Waals surface area contributed by atoms with Gasteiger partial charge in [0.05, 0.1) is 10.0 Å². The zero-order chi connectivity index (χ0) is 25.4. The van der Waals surface area contributed by atoms with E-state index in [9.17, 15) is 9.59 Å². The highest BCUT2D eigenvalue weighted by atomic mass is 35.5. The lowest BCUT2D eigenvalue weighted by atomic mass is 10.1. The molecule has 0 spiro atoms. The molecular weight excluding hydrogens is 531 g/mol. The molecule has 0 unspecified atom stereocenters. The summed E-state index contributed by atoms with van der Waals surface area (Å²) in [4.78, 5) is 26.7. The average molecular weight is 554 g/mol. The molecule has 2 heterocycles. The number of thiophene rings is 2. The van der Waals surface area contributed by atoms with Gasteiger partial charge in [-0.2, -0.15) is 0 Å². The van der Waals surface area contributed by atoms with Crippen LogP contribution < -0.4 is 10.6 Å². The maximum absolute atomic E-state index is 12.8. The SMILES string of the molecule is Cc1ccc2c(Cl)c(C(=O)NCc3cccc(CNC(=O)c4sc5cc(C)ccc5c4Cl)c3)sc2c1. The van der Waals surface area contributed by atoms with Gasteiger partial charge < -0.3 is 10.6 Å². The zero-order valence-corrected chi connectivity index (χ0v) is 22.7. The maximum Gasteiger partial charge on any atom is 0.263 e. The summed E-state index contributed by atoms with van der Waals surface area (Å²) in [5, 5.41) is 8.68. The van der Waals surface area contributed by atoms with Crippen molar-refractivity contribution in [3.8, 4) is 0 Å². The number of hydrogen-bond acceptors (Lipinski definition) is 4. The summed E-state index contributed by atoms with van der Waals surface area (Å²) in [6.07, 6.45) is 0. The molecule has 36 heavy (non-hydrogen) atoms. The lowest BCUT2D eigenvalue weighted by molar-refractivity contribution is 0.0947. The van der Waals surface area contributed by atoms with Gasteiger partial charge in [-0.05, 0) is 48.2 Å². The number of nitrogens with one attached hydrogen (secondary N) is 2. The summed E-state index contributed by atoms with van der Waals surface area (Å²) in [5.41, 5.74) is 4.11. The number of fused-ring (bicyclic) bond motifs is 2. The quantitative estimate of drug-likeness (QED) is 0.225. The maximum atomic E-state index is 12.8. The number of carbonyl (C=O) groups excluding carboxylic acids is 2. The van der Waals surface area contributed by atoms with E-state index in [1.54, 1.807) is 0 Å². The lowest BCUT2D eigenvalue weighted by Gasteiger charge is -2.08. The summed E-state index contributed by atoms with van der Waals surface area (Å²) in [6, 6.07) is 19.7. The van der Waals surface area contributed by atoms with E-state index in [0.717, 1.165) is 42.4 Å². The summed E-state index contributed by atoms with van der Waals surface area (Å²) >= 11 is 15.7. The Balaban J connectivity index is 1.23. The molecule has 0 atom stereocenters. The molecular formula is C28H22Cl2N2O2S2. The van der Waals surface area contributed by atoms with Gasteiger partial charge in [-0.1, -0.05) is 71.7 Å². The largest absolute Gasteiger partial charge is 0.347 e. The van der Waals surface area contributed by atoms with Crippen molar-refractivity contribution in [1.82, 2.24) is 10.6 Å². The van der Waals surface area contributed by atoms with Gasteiger partial charge in [-0.25, -0.2) is 0 Å². The van der Waals surface area contributed by atoms with Crippen LogP contribution in [0.25, 0.3) is 20.2 Å². The van der Waals surface area contributed by atoms with E-state index in [-0.39, 0.29) is 11.8 Å². The Morgan fingerprint density at radius 2 is 1.14 bits per heavy atom. The molecule has 2 N–H and O–H groups in total. The van der Waals surface area contributed by atoms with Crippen LogP contribution >= 0.6 is 45.9 Å². The summed E-state index contributed by atoms with van der Waals surface area (Å²) in [6.45, 7) is 4.73. The molecule has 0 aliphatic heterocycles. The van der Waals surface area contributed by atoms with Crippen molar-refractivity contribution >= 4 is 77.9 Å². The highest BCUT2D eigenvalue weighted by molar-refractivity contribution is 7.22. The van der Waals surface area contributed by atoms with E-state index in [2.05, 4.69) is 10.6 Å². The standard InChI is InChI=1S/C28H22Cl2N2O2S2/c1-15-6-8-19-21(10-15)35-25(23(19)29)27(33)31-13-17-4-3-5-18(12-17)14-32-28(34)26-24(30)20-9-7-16(2)11-22(20)36-26/h3-12H,13-14H2,1-2H3,(H,31,33)(H,32,34). The van der Waals surface area contributed by atoms with Gasteiger partial charge in [-0.15, -0.1) is 22.7 Å². The predicted molar refractivity (Wildman–Crippen MR) is 152 cm³/mol. The predicted octanol–water partition coefficient (Wildman–Crippen LogP) is 7.90. The van der Waals surface area contributed by atoms with Crippen molar-refractivity contribution in [2.24, 2.45) is 0 Å². The lowest BCUT2D eigenvalue weighted by Crippen LogP contribution is -2.23. The Bertz CT molecular complexity index is 1520. The Morgan fingerprint density at radius 1 is 0.694 bits per heavy atom. The number of amides is 2. The van der Waals surface area contributed by atoms with Crippen LogP contribution in [0.15, 0.2) is 60.7 Å². The molecule has 0 radical (unpaired) electrons. The van der Waals surface area contributed by atoms with Crippen LogP contribution in [0.3, 0.4) is 0 Å². The van der Waals surface area contributed by atoms with E-state index in [4.69, 9.17) is 23.2 Å². The van der Waals surface area contributed by atoms with Crippen molar-refractivity contribution in [3.63, 3.8) is 0 Å². The smallest absolute Gasteiger partial charge is 0.263 e. The fourth-order valence-corrected chi connectivity index (χ4v) is 7.07. The second kappa shape index (κ2) is 10.2. The van der Waals surface area contributed by atoms with Crippen molar-refractivity contribution in [3.05, 3.63) is 103 Å². The first-order valence-electron chi connectivity index (χ1n) is 11.3. The molecule has 0 aliphatic rings. The molecule has 3 aromatic carbocycles.